The van der Waals surface area contributed by atoms with Crippen molar-refractivity contribution in [3.63, 3.8) is 0 Å². The summed E-state index contributed by atoms with van der Waals surface area (Å²) in [5.74, 6) is 4.32. The summed E-state index contributed by atoms with van der Waals surface area (Å²) in [6, 6.07) is 7.39. The zero-order valence-electron chi connectivity index (χ0n) is 32.4. The molecule has 0 spiro atoms. The second-order valence-corrected chi connectivity index (χ2v) is 17.4. The van der Waals surface area contributed by atoms with Gasteiger partial charge in [-0.05, 0) is 119 Å². The highest BCUT2D eigenvalue weighted by Crippen LogP contribution is 2.45. The molecule has 9 nitrogen and oxygen atoms in total. The van der Waals surface area contributed by atoms with Crippen LogP contribution in [0.2, 0.25) is 0 Å². The van der Waals surface area contributed by atoms with Crippen LogP contribution in [0, 0.1) is 45.4 Å². The summed E-state index contributed by atoms with van der Waals surface area (Å²) < 4.78 is 45.6. The Morgan fingerprint density at radius 2 is 1.53 bits per heavy atom. The van der Waals surface area contributed by atoms with E-state index in [1.54, 1.807) is 6.92 Å². The molecular weight excluding hydrogens is 663 g/mol. The SMILES string of the molecule is Cc1cc(NS(=O)(=O)c2ccc(NC(=O)COc3c(C)c(C)c4c(c3C)CCC(C)(CCCC(C)CCCC(C)CCCC(C)C)O4)cc2)no1. The number of benzene rings is 2. The minimum absolute atomic E-state index is 0.0318. The molecule has 3 atom stereocenters. The fourth-order valence-corrected chi connectivity index (χ4v) is 8.12. The molecule has 3 aromatic rings. The normalized spacial score (nSPS) is 17.1. The standard InChI is InChI=1S/C41H61N3O6S/c1-27(2)13-10-14-28(3)15-11-16-29(4)17-12-23-41(9)24-22-36-33(8)39(31(6)32(7)40(36)49-41)48-26-38(45)42-34-18-20-35(21-19-34)51(46,47)44-37-25-30(5)50-43-37/h18-21,25,27-29H,10-17,22-24,26H2,1-9H3,(H,42,45)(H,43,44). The van der Waals surface area contributed by atoms with E-state index in [2.05, 4.69) is 56.7 Å². The maximum Gasteiger partial charge on any atom is 0.263 e. The minimum Gasteiger partial charge on any atom is -0.487 e. The topological polar surface area (TPSA) is 120 Å². The van der Waals surface area contributed by atoms with Gasteiger partial charge in [-0.3, -0.25) is 9.52 Å². The Morgan fingerprint density at radius 3 is 2.14 bits per heavy atom. The van der Waals surface area contributed by atoms with E-state index in [-0.39, 0.29) is 28.8 Å². The van der Waals surface area contributed by atoms with Gasteiger partial charge in [-0.2, -0.15) is 0 Å². The van der Waals surface area contributed by atoms with Crippen molar-refractivity contribution in [2.75, 3.05) is 16.6 Å². The van der Waals surface area contributed by atoms with Crippen LogP contribution in [-0.4, -0.2) is 31.7 Å². The number of aryl methyl sites for hydroxylation is 1. The molecule has 4 rings (SSSR count). The first-order valence-corrected chi connectivity index (χ1v) is 20.4. The van der Waals surface area contributed by atoms with Gasteiger partial charge < -0.3 is 19.3 Å². The van der Waals surface area contributed by atoms with E-state index < -0.39 is 10.0 Å². The molecule has 1 aromatic heterocycles. The Balaban J connectivity index is 1.26. The van der Waals surface area contributed by atoms with Crippen molar-refractivity contribution in [3.05, 3.63) is 58.3 Å². The number of hydrogen-bond donors (Lipinski definition) is 2. The van der Waals surface area contributed by atoms with E-state index in [0.717, 1.165) is 65.0 Å². The maximum atomic E-state index is 12.9. The highest BCUT2D eigenvalue weighted by Gasteiger charge is 2.34. The van der Waals surface area contributed by atoms with Gasteiger partial charge in [0, 0.05) is 17.3 Å². The lowest BCUT2D eigenvalue weighted by molar-refractivity contribution is -0.118. The zero-order chi connectivity index (χ0) is 37.3. The van der Waals surface area contributed by atoms with Gasteiger partial charge in [0.15, 0.2) is 12.4 Å². The van der Waals surface area contributed by atoms with Gasteiger partial charge in [0.2, 0.25) is 0 Å². The van der Waals surface area contributed by atoms with Crippen LogP contribution in [-0.2, 0) is 21.2 Å². The summed E-state index contributed by atoms with van der Waals surface area (Å²) in [6.07, 6.45) is 13.4. The van der Waals surface area contributed by atoms with Crippen LogP contribution in [0.4, 0.5) is 11.5 Å². The summed E-state index contributed by atoms with van der Waals surface area (Å²) >= 11 is 0. The van der Waals surface area contributed by atoms with Crippen LogP contribution in [0.3, 0.4) is 0 Å². The molecule has 0 saturated carbocycles. The number of carbonyl (C=O) groups excluding carboxylic acids is 1. The summed E-state index contributed by atoms with van der Waals surface area (Å²) in [5, 5.41) is 6.46. The monoisotopic (exact) mass is 723 g/mol. The van der Waals surface area contributed by atoms with Gasteiger partial charge >= 0.3 is 0 Å². The number of anilines is 2. The summed E-state index contributed by atoms with van der Waals surface area (Å²) in [6.45, 7) is 19.4. The number of ether oxygens (including phenoxy) is 2. The average Bonchev–Trinajstić information content (AvgIpc) is 3.47. The number of aromatic nitrogens is 1. The first kappa shape index (κ1) is 40.2. The summed E-state index contributed by atoms with van der Waals surface area (Å²) in [5.41, 5.74) is 4.47. The van der Waals surface area contributed by atoms with Crippen molar-refractivity contribution in [3.8, 4) is 11.5 Å². The number of fused-ring (bicyclic) bond motifs is 1. The molecule has 0 aliphatic carbocycles. The predicted octanol–water partition coefficient (Wildman–Crippen LogP) is 10.2. The molecular formula is C41H61N3O6S. The molecule has 2 aromatic carbocycles. The highest BCUT2D eigenvalue weighted by molar-refractivity contribution is 7.92. The predicted molar refractivity (Wildman–Crippen MR) is 205 cm³/mol. The first-order valence-electron chi connectivity index (χ1n) is 18.9. The van der Waals surface area contributed by atoms with E-state index in [0.29, 0.717) is 17.2 Å². The van der Waals surface area contributed by atoms with E-state index in [1.165, 1.54) is 81.7 Å². The molecule has 51 heavy (non-hydrogen) atoms. The molecule has 2 heterocycles. The number of amides is 1. The smallest absolute Gasteiger partial charge is 0.263 e. The van der Waals surface area contributed by atoms with Crippen molar-refractivity contribution in [1.82, 2.24) is 5.16 Å². The lowest BCUT2D eigenvalue weighted by atomic mass is 9.83. The minimum atomic E-state index is -3.86. The zero-order valence-corrected chi connectivity index (χ0v) is 33.2. The van der Waals surface area contributed by atoms with Crippen LogP contribution in [0.15, 0.2) is 39.8 Å². The maximum absolute atomic E-state index is 12.9. The molecule has 0 fully saturated rings. The third kappa shape index (κ3) is 11.5. The summed E-state index contributed by atoms with van der Waals surface area (Å²) in [7, 11) is -3.86. The van der Waals surface area contributed by atoms with E-state index in [4.69, 9.17) is 14.0 Å². The highest BCUT2D eigenvalue weighted by atomic mass is 32.2. The second kappa shape index (κ2) is 17.8. The van der Waals surface area contributed by atoms with Gasteiger partial charge in [-0.15, -0.1) is 0 Å². The van der Waals surface area contributed by atoms with Crippen LogP contribution in [0.25, 0.3) is 0 Å². The molecule has 1 aliphatic heterocycles. The van der Waals surface area contributed by atoms with Crippen molar-refractivity contribution in [2.24, 2.45) is 17.8 Å². The molecule has 0 bridgehead atoms. The van der Waals surface area contributed by atoms with E-state index >= 15 is 0 Å². The van der Waals surface area contributed by atoms with E-state index in [1.807, 2.05) is 13.8 Å². The molecule has 282 valence electrons. The van der Waals surface area contributed by atoms with Crippen molar-refractivity contribution >= 4 is 27.4 Å². The number of carbonyl (C=O) groups is 1. The number of nitrogens with one attached hydrogen (secondary N) is 2. The lowest BCUT2D eigenvalue weighted by Crippen LogP contribution is -2.37. The van der Waals surface area contributed by atoms with Crippen LogP contribution in [0.5, 0.6) is 11.5 Å². The van der Waals surface area contributed by atoms with Gasteiger partial charge in [0.25, 0.3) is 15.9 Å². The fraction of sp³-hybridized carbons (Fsp3) is 0.610. The quantitative estimate of drug-likeness (QED) is 0.126. The molecule has 3 unspecified atom stereocenters. The molecule has 1 amide bonds. The Bertz CT molecular complexity index is 1720. The van der Waals surface area contributed by atoms with Crippen molar-refractivity contribution < 1.29 is 27.2 Å². The fourth-order valence-electron chi connectivity index (χ4n) is 7.14. The first-order chi connectivity index (χ1) is 24.1. The van der Waals surface area contributed by atoms with Crippen molar-refractivity contribution in [2.45, 2.75) is 143 Å². The molecule has 10 heteroatoms. The molecule has 0 saturated heterocycles. The third-order valence-electron chi connectivity index (χ3n) is 10.5. The van der Waals surface area contributed by atoms with Crippen LogP contribution in [0.1, 0.15) is 127 Å². The van der Waals surface area contributed by atoms with E-state index in [9.17, 15) is 13.2 Å². The van der Waals surface area contributed by atoms with Crippen LogP contribution < -0.4 is 19.5 Å². The van der Waals surface area contributed by atoms with Gasteiger partial charge in [0.05, 0.1) is 4.90 Å². The Kier molecular flexibility index (Phi) is 14.0. The second-order valence-electron chi connectivity index (χ2n) is 15.7. The third-order valence-corrected chi connectivity index (χ3v) is 11.9. The molecule has 2 N–H and O–H groups in total. The number of rotatable bonds is 19. The summed E-state index contributed by atoms with van der Waals surface area (Å²) in [4.78, 5) is 12.9. The number of sulfonamides is 1. The Labute approximate surface area is 306 Å². The van der Waals surface area contributed by atoms with Crippen molar-refractivity contribution in [1.29, 1.82) is 0 Å². The molecule has 0 radical (unpaired) electrons. The Hall–Kier alpha value is -3.53. The molecule has 1 aliphatic rings. The van der Waals surface area contributed by atoms with Gasteiger partial charge in [-0.25, -0.2) is 8.42 Å². The van der Waals surface area contributed by atoms with Gasteiger partial charge in [-0.1, -0.05) is 77.8 Å². The lowest BCUT2D eigenvalue weighted by Gasteiger charge is -2.38. The Morgan fingerprint density at radius 1 is 0.902 bits per heavy atom. The van der Waals surface area contributed by atoms with Gasteiger partial charge in [0.1, 0.15) is 22.9 Å². The largest absolute Gasteiger partial charge is 0.487 e. The number of nitrogens with zero attached hydrogens (tertiary/aromatic N) is 1. The number of hydrogen-bond acceptors (Lipinski definition) is 7. The average molecular weight is 724 g/mol. The van der Waals surface area contributed by atoms with Crippen LogP contribution >= 0.6 is 0 Å².